The Morgan fingerprint density at radius 3 is 2.42 bits per heavy atom. The zero-order chi connectivity index (χ0) is 23.8. The minimum atomic E-state index is -0.0342. The Labute approximate surface area is 201 Å². The number of halogens is 1. The average Bonchev–Trinajstić information content (AvgIpc) is 2.80. The van der Waals surface area contributed by atoms with Crippen molar-refractivity contribution in [3.8, 4) is 0 Å². The van der Waals surface area contributed by atoms with E-state index in [2.05, 4.69) is 37.9 Å². The molecule has 6 heteroatoms. The number of rotatable bonds is 5. The first-order valence-electron chi connectivity index (χ1n) is 11.8. The van der Waals surface area contributed by atoms with Crippen molar-refractivity contribution in [2.24, 2.45) is 11.8 Å². The molecule has 1 aromatic heterocycles. The molecule has 3 aromatic rings. The second-order valence-electron chi connectivity index (χ2n) is 9.41. The van der Waals surface area contributed by atoms with Crippen molar-refractivity contribution in [1.82, 2.24) is 14.5 Å². The van der Waals surface area contributed by atoms with Crippen LogP contribution in [0.15, 0.2) is 59.7 Å². The highest BCUT2D eigenvalue weighted by Gasteiger charge is 2.23. The summed E-state index contributed by atoms with van der Waals surface area (Å²) in [6.07, 6.45) is 4.75. The molecule has 4 rings (SSSR count). The van der Waals surface area contributed by atoms with Gasteiger partial charge in [0.2, 0.25) is 5.91 Å². The fraction of sp³-hybridized carbons (Fsp3) is 0.444. The number of piperidine rings is 1. The molecule has 0 radical (unpaired) electrons. The van der Waals surface area contributed by atoms with Crippen LogP contribution in [0.3, 0.4) is 0 Å². The summed E-state index contributed by atoms with van der Waals surface area (Å²) in [5, 5.41) is 1.16. The first kappa shape index (κ1) is 25.0. The number of carbonyl (C=O) groups excluding carboxylic acids is 1. The van der Waals surface area contributed by atoms with Crippen molar-refractivity contribution in [3.63, 3.8) is 0 Å². The summed E-state index contributed by atoms with van der Waals surface area (Å²) in [4.78, 5) is 31.6. The minimum absolute atomic E-state index is 0.0342. The molecule has 0 aliphatic carbocycles. The Morgan fingerprint density at radius 1 is 1.09 bits per heavy atom. The van der Waals surface area contributed by atoms with Crippen molar-refractivity contribution >= 4 is 28.4 Å². The Hall–Kier alpha value is -2.66. The van der Waals surface area contributed by atoms with Gasteiger partial charge in [-0.15, -0.1) is 0 Å². The van der Waals surface area contributed by atoms with Crippen LogP contribution >= 0.6 is 11.6 Å². The minimum Gasteiger partial charge on any atom is -0.343 e. The normalized spacial score (nSPS) is 14.3. The Morgan fingerprint density at radius 2 is 1.76 bits per heavy atom. The van der Waals surface area contributed by atoms with Crippen LogP contribution in [0.2, 0.25) is 5.02 Å². The van der Waals surface area contributed by atoms with Gasteiger partial charge >= 0.3 is 0 Å². The Bertz CT molecular complexity index is 1100. The van der Waals surface area contributed by atoms with E-state index in [0.717, 1.165) is 38.3 Å². The number of carbonyl (C=O) groups is 1. The predicted molar refractivity (Wildman–Crippen MR) is 136 cm³/mol. The quantitative estimate of drug-likeness (QED) is 0.492. The van der Waals surface area contributed by atoms with Gasteiger partial charge in [0.25, 0.3) is 5.56 Å². The zero-order valence-electron chi connectivity index (χ0n) is 19.8. The highest BCUT2D eigenvalue weighted by molar-refractivity contribution is 6.31. The maximum atomic E-state index is 12.7. The van der Waals surface area contributed by atoms with Crippen LogP contribution in [0, 0.1) is 11.8 Å². The number of benzene rings is 2. The number of nitrogens with zero attached hydrogens (tertiary/aromatic N) is 3. The Kier molecular flexibility index (Phi) is 9.07. The van der Waals surface area contributed by atoms with E-state index in [1.165, 1.54) is 5.56 Å². The van der Waals surface area contributed by atoms with E-state index >= 15 is 0 Å². The number of aryl methyl sites for hydroxylation is 1. The zero-order valence-corrected chi connectivity index (χ0v) is 20.6. The van der Waals surface area contributed by atoms with E-state index in [0.29, 0.717) is 34.8 Å². The van der Waals surface area contributed by atoms with E-state index in [1.807, 2.05) is 23.1 Å². The van der Waals surface area contributed by atoms with E-state index in [4.69, 9.17) is 11.6 Å². The molecule has 2 heterocycles. The van der Waals surface area contributed by atoms with Gasteiger partial charge in [-0.3, -0.25) is 14.2 Å². The summed E-state index contributed by atoms with van der Waals surface area (Å²) < 4.78 is 1.69. The predicted octanol–water partition coefficient (Wildman–Crippen LogP) is 5.58. The molecule has 0 unspecified atom stereocenters. The van der Waals surface area contributed by atoms with Gasteiger partial charge in [-0.2, -0.15) is 0 Å². The molecule has 1 saturated heterocycles. The molecule has 2 aromatic carbocycles. The molecule has 1 aliphatic heterocycles. The van der Waals surface area contributed by atoms with Crippen LogP contribution in [0.25, 0.3) is 10.9 Å². The first-order valence-corrected chi connectivity index (χ1v) is 12.2. The monoisotopic (exact) mass is 467 g/mol. The number of hydrogen-bond donors (Lipinski definition) is 0. The van der Waals surface area contributed by atoms with Crippen molar-refractivity contribution in [2.45, 2.75) is 53.0 Å². The molecule has 176 valence electrons. The molecule has 33 heavy (non-hydrogen) atoms. The van der Waals surface area contributed by atoms with Gasteiger partial charge in [0, 0.05) is 31.1 Å². The maximum absolute atomic E-state index is 12.7. The number of fused-ring (bicyclic) bond motifs is 1. The average molecular weight is 468 g/mol. The smallest absolute Gasteiger partial charge is 0.261 e. The summed E-state index contributed by atoms with van der Waals surface area (Å²) in [7, 11) is 0. The summed E-state index contributed by atoms with van der Waals surface area (Å²) >= 11 is 5.98. The van der Waals surface area contributed by atoms with E-state index in [-0.39, 0.29) is 11.5 Å². The van der Waals surface area contributed by atoms with Crippen LogP contribution in [0.5, 0.6) is 0 Å². The van der Waals surface area contributed by atoms with Crippen LogP contribution in [0.4, 0.5) is 0 Å². The van der Waals surface area contributed by atoms with Crippen molar-refractivity contribution in [1.29, 1.82) is 0 Å². The molecular formula is C27H34ClN3O2. The van der Waals surface area contributed by atoms with Gasteiger partial charge in [-0.25, -0.2) is 4.98 Å². The van der Waals surface area contributed by atoms with Gasteiger partial charge < -0.3 is 4.90 Å². The van der Waals surface area contributed by atoms with Crippen LogP contribution in [-0.2, 0) is 17.8 Å². The van der Waals surface area contributed by atoms with E-state index in [1.54, 1.807) is 29.1 Å². The van der Waals surface area contributed by atoms with Crippen LogP contribution in [-0.4, -0.2) is 33.4 Å². The van der Waals surface area contributed by atoms with E-state index < -0.39 is 0 Å². The molecule has 1 fully saturated rings. The fourth-order valence-corrected chi connectivity index (χ4v) is 4.13. The molecule has 1 amide bonds. The molecular weight excluding hydrogens is 434 g/mol. The lowest BCUT2D eigenvalue weighted by Gasteiger charge is -2.32. The van der Waals surface area contributed by atoms with Gasteiger partial charge in [0.1, 0.15) is 0 Å². The highest BCUT2D eigenvalue weighted by Crippen LogP contribution is 2.20. The lowest BCUT2D eigenvalue weighted by Crippen LogP contribution is -2.40. The lowest BCUT2D eigenvalue weighted by molar-refractivity contribution is -0.132. The van der Waals surface area contributed by atoms with Crippen molar-refractivity contribution in [2.75, 3.05) is 13.1 Å². The third-order valence-corrected chi connectivity index (χ3v) is 5.91. The van der Waals surface area contributed by atoms with Gasteiger partial charge in [0.05, 0.1) is 17.2 Å². The first-order chi connectivity index (χ1) is 15.8. The summed E-state index contributed by atoms with van der Waals surface area (Å²) in [5.74, 6) is 1.42. The third kappa shape index (κ3) is 7.43. The van der Waals surface area contributed by atoms with Crippen LogP contribution < -0.4 is 5.56 Å². The lowest BCUT2D eigenvalue weighted by atomic mass is 9.96. The standard InChI is InChI=1S/C23H24ClN3O2.C4H10/c24-19-7-8-20-21(14-19)25-16-27(23(20)29)15-18-10-12-26(13-11-18)22(28)9-6-17-4-2-1-3-5-17;1-4(2)3/h1-5,7-8,14,16,18H,6,9-13,15H2;4H,1-3H3. The molecule has 0 saturated carbocycles. The fourth-order valence-electron chi connectivity index (χ4n) is 3.96. The molecule has 1 aliphatic rings. The summed E-state index contributed by atoms with van der Waals surface area (Å²) in [6.45, 7) is 8.64. The maximum Gasteiger partial charge on any atom is 0.261 e. The number of hydrogen-bond acceptors (Lipinski definition) is 3. The largest absolute Gasteiger partial charge is 0.343 e. The van der Waals surface area contributed by atoms with Crippen molar-refractivity contribution < 1.29 is 4.79 Å². The van der Waals surface area contributed by atoms with Gasteiger partial charge in [0.15, 0.2) is 0 Å². The van der Waals surface area contributed by atoms with Crippen molar-refractivity contribution in [3.05, 3.63) is 75.8 Å². The molecule has 5 nitrogen and oxygen atoms in total. The van der Waals surface area contributed by atoms with Gasteiger partial charge in [-0.05, 0) is 54.9 Å². The number of aromatic nitrogens is 2. The summed E-state index contributed by atoms with van der Waals surface area (Å²) in [6, 6.07) is 15.3. The number of amides is 1. The Balaban J connectivity index is 0.000000709. The topological polar surface area (TPSA) is 55.2 Å². The third-order valence-electron chi connectivity index (χ3n) is 5.68. The highest BCUT2D eigenvalue weighted by atomic mass is 35.5. The van der Waals surface area contributed by atoms with Gasteiger partial charge in [-0.1, -0.05) is 62.7 Å². The van der Waals surface area contributed by atoms with Crippen LogP contribution in [0.1, 0.15) is 45.6 Å². The van der Waals surface area contributed by atoms with E-state index in [9.17, 15) is 9.59 Å². The second kappa shape index (κ2) is 12.0. The molecule has 0 spiro atoms. The molecule has 0 atom stereocenters. The summed E-state index contributed by atoms with van der Waals surface area (Å²) in [5.41, 5.74) is 1.78. The molecule has 0 N–H and O–H groups in total. The second-order valence-corrected chi connectivity index (χ2v) is 9.84. The SMILES string of the molecule is CC(C)C.O=C(CCc1ccccc1)N1CCC(Cn2cnc3cc(Cl)ccc3c2=O)CC1. The molecule has 0 bridgehead atoms. The number of likely N-dealkylation sites (tertiary alicyclic amines) is 1.